The molecule has 16 heavy (non-hydrogen) atoms. The highest BCUT2D eigenvalue weighted by atomic mass is 15.2. The minimum Gasteiger partial charge on any atom is -0.399 e. The van der Waals surface area contributed by atoms with Crippen molar-refractivity contribution in [1.29, 1.82) is 0 Å². The number of nitrogens with two attached hydrogens (primary N) is 1. The average molecular weight is 213 g/mol. The number of anilines is 2. The molecule has 1 aliphatic heterocycles. The van der Waals surface area contributed by atoms with Crippen molar-refractivity contribution >= 4 is 22.3 Å². The Labute approximate surface area is 94.9 Å². The molecule has 1 aromatic carbocycles. The Morgan fingerprint density at radius 2 is 1.94 bits per heavy atom. The van der Waals surface area contributed by atoms with Gasteiger partial charge in [-0.1, -0.05) is 6.07 Å². The fourth-order valence-corrected chi connectivity index (χ4v) is 2.35. The number of nitrogen functional groups attached to an aromatic ring is 1. The second-order valence-corrected chi connectivity index (χ2v) is 4.31. The number of hydrogen-bond donors (Lipinski definition) is 1. The van der Waals surface area contributed by atoms with Crippen LogP contribution in [0.2, 0.25) is 0 Å². The van der Waals surface area contributed by atoms with Crippen LogP contribution < -0.4 is 10.6 Å². The predicted molar refractivity (Wildman–Crippen MR) is 67.6 cm³/mol. The van der Waals surface area contributed by atoms with E-state index < -0.39 is 0 Å². The molecule has 3 nitrogen and oxygen atoms in total. The lowest BCUT2D eigenvalue weighted by molar-refractivity contribution is 0.946. The lowest BCUT2D eigenvalue weighted by atomic mass is 10.1. The van der Waals surface area contributed by atoms with Crippen LogP contribution >= 0.6 is 0 Å². The first-order valence-electron chi connectivity index (χ1n) is 5.74. The van der Waals surface area contributed by atoms with Gasteiger partial charge in [-0.3, -0.25) is 0 Å². The molecular formula is C13H15N3. The maximum Gasteiger partial charge on any atom is 0.136 e. The molecule has 0 amide bonds. The van der Waals surface area contributed by atoms with E-state index in [9.17, 15) is 0 Å². The van der Waals surface area contributed by atoms with Gasteiger partial charge >= 0.3 is 0 Å². The average Bonchev–Trinajstić information content (AvgIpc) is 2.81. The van der Waals surface area contributed by atoms with Gasteiger partial charge in [0.15, 0.2) is 0 Å². The summed E-state index contributed by atoms with van der Waals surface area (Å²) in [6, 6.07) is 8.06. The Balaban J connectivity index is 2.18. The lowest BCUT2D eigenvalue weighted by Crippen LogP contribution is -2.19. The summed E-state index contributed by atoms with van der Waals surface area (Å²) in [5, 5.41) is 2.38. The minimum absolute atomic E-state index is 0.806. The zero-order valence-electron chi connectivity index (χ0n) is 9.19. The molecule has 0 atom stereocenters. The van der Waals surface area contributed by atoms with Crippen LogP contribution in [0.15, 0.2) is 30.5 Å². The van der Waals surface area contributed by atoms with Gasteiger partial charge in [-0.15, -0.1) is 0 Å². The third-order valence-electron chi connectivity index (χ3n) is 3.17. The fourth-order valence-electron chi connectivity index (χ4n) is 2.35. The summed E-state index contributed by atoms with van der Waals surface area (Å²) >= 11 is 0. The molecule has 0 bridgehead atoms. The van der Waals surface area contributed by atoms with E-state index in [1.807, 2.05) is 24.4 Å². The molecule has 0 unspecified atom stereocenters. The van der Waals surface area contributed by atoms with Gasteiger partial charge < -0.3 is 10.6 Å². The second kappa shape index (κ2) is 3.67. The maximum absolute atomic E-state index is 5.85. The normalized spacial score (nSPS) is 15.9. The number of fused-ring (bicyclic) bond motifs is 1. The summed E-state index contributed by atoms with van der Waals surface area (Å²) in [5.41, 5.74) is 6.65. The topological polar surface area (TPSA) is 42.1 Å². The highest BCUT2D eigenvalue weighted by Crippen LogP contribution is 2.28. The number of rotatable bonds is 1. The third-order valence-corrected chi connectivity index (χ3v) is 3.17. The van der Waals surface area contributed by atoms with Crippen molar-refractivity contribution in [2.75, 3.05) is 23.7 Å². The van der Waals surface area contributed by atoms with Crippen molar-refractivity contribution in [3.63, 3.8) is 0 Å². The Bertz CT molecular complexity index is 516. The number of aromatic nitrogens is 1. The molecule has 1 aliphatic rings. The van der Waals surface area contributed by atoms with E-state index in [2.05, 4.69) is 16.0 Å². The molecule has 0 aliphatic carbocycles. The number of nitrogens with zero attached hydrogens (tertiary/aromatic N) is 2. The van der Waals surface area contributed by atoms with Crippen LogP contribution in [0, 0.1) is 0 Å². The number of benzene rings is 1. The zero-order chi connectivity index (χ0) is 11.0. The summed E-state index contributed by atoms with van der Waals surface area (Å²) in [7, 11) is 0. The van der Waals surface area contributed by atoms with Crippen molar-refractivity contribution in [3.8, 4) is 0 Å². The quantitative estimate of drug-likeness (QED) is 0.740. The Morgan fingerprint density at radius 1 is 1.12 bits per heavy atom. The van der Waals surface area contributed by atoms with Crippen molar-refractivity contribution in [1.82, 2.24) is 4.98 Å². The van der Waals surface area contributed by atoms with Crippen LogP contribution in [0.3, 0.4) is 0 Å². The van der Waals surface area contributed by atoms with E-state index in [0.29, 0.717) is 0 Å². The van der Waals surface area contributed by atoms with Gasteiger partial charge in [-0.25, -0.2) is 4.98 Å². The summed E-state index contributed by atoms with van der Waals surface area (Å²) in [6.07, 6.45) is 4.41. The van der Waals surface area contributed by atoms with Crippen LogP contribution in [-0.4, -0.2) is 18.1 Å². The highest BCUT2D eigenvalue weighted by Gasteiger charge is 2.15. The first-order valence-corrected chi connectivity index (χ1v) is 5.74. The van der Waals surface area contributed by atoms with E-state index in [0.717, 1.165) is 24.6 Å². The van der Waals surface area contributed by atoms with E-state index in [1.165, 1.54) is 23.6 Å². The van der Waals surface area contributed by atoms with Gasteiger partial charge in [-0.2, -0.15) is 0 Å². The van der Waals surface area contributed by atoms with Crippen LogP contribution in [0.5, 0.6) is 0 Å². The zero-order valence-corrected chi connectivity index (χ0v) is 9.19. The minimum atomic E-state index is 0.806. The van der Waals surface area contributed by atoms with Gasteiger partial charge in [0.05, 0.1) is 0 Å². The fraction of sp³-hybridized carbons (Fsp3) is 0.308. The molecular weight excluding hydrogens is 198 g/mol. The third kappa shape index (κ3) is 1.48. The predicted octanol–water partition coefficient (Wildman–Crippen LogP) is 2.42. The molecule has 1 aromatic heterocycles. The maximum atomic E-state index is 5.85. The van der Waals surface area contributed by atoms with Crippen molar-refractivity contribution in [2.24, 2.45) is 0 Å². The van der Waals surface area contributed by atoms with E-state index in [-0.39, 0.29) is 0 Å². The monoisotopic (exact) mass is 213 g/mol. The van der Waals surface area contributed by atoms with Crippen LogP contribution in [0.4, 0.5) is 11.5 Å². The molecule has 0 spiro atoms. The van der Waals surface area contributed by atoms with Crippen LogP contribution in [0.25, 0.3) is 10.8 Å². The molecule has 0 saturated carbocycles. The van der Waals surface area contributed by atoms with Gasteiger partial charge in [0.1, 0.15) is 5.82 Å². The van der Waals surface area contributed by atoms with Gasteiger partial charge in [0.25, 0.3) is 0 Å². The van der Waals surface area contributed by atoms with Crippen molar-refractivity contribution < 1.29 is 0 Å². The lowest BCUT2D eigenvalue weighted by Gasteiger charge is -2.18. The molecule has 1 saturated heterocycles. The highest BCUT2D eigenvalue weighted by molar-refractivity contribution is 5.94. The number of pyridine rings is 1. The van der Waals surface area contributed by atoms with Gasteiger partial charge in [0.2, 0.25) is 0 Å². The molecule has 2 aromatic rings. The Hall–Kier alpha value is -1.77. The summed E-state index contributed by atoms with van der Waals surface area (Å²) in [5.74, 6) is 1.09. The largest absolute Gasteiger partial charge is 0.399 e. The van der Waals surface area contributed by atoms with Gasteiger partial charge in [0, 0.05) is 30.4 Å². The first-order chi connectivity index (χ1) is 7.84. The molecule has 3 heteroatoms. The molecule has 2 heterocycles. The van der Waals surface area contributed by atoms with Gasteiger partial charge in [-0.05, 0) is 36.4 Å². The molecule has 2 N–H and O–H groups in total. The van der Waals surface area contributed by atoms with Crippen LogP contribution in [0.1, 0.15) is 12.8 Å². The van der Waals surface area contributed by atoms with Crippen LogP contribution in [-0.2, 0) is 0 Å². The SMILES string of the molecule is Nc1ccc2ccnc(N3CCCC3)c2c1. The number of hydrogen-bond acceptors (Lipinski definition) is 3. The van der Waals surface area contributed by atoms with E-state index in [4.69, 9.17) is 5.73 Å². The summed E-state index contributed by atoms with van der Waals surface area (Å²) in [6.45, 7) is 2.22. The smallest absolute Gasteiger partial charge is 0.136 e. The van der Waals surface area contributed by atoms with E-state index in [1.54, 1.807) is 0 Å². The van der Waals surface area contributed by atoms with Crippen molar-refractivity contribution in [2.45, 2.75) is 12.8 Å². The molecule has 1 fully saturated rings. The Kier molecular flexibility index (Phi) is 2.17. The summed E-state index contributed by atoms with van der Waals surface area (Å²) < 4.78 is 0. The van der Waals surface area contributed by atoms with Crippen molar-refractivity contribution in [3.05, 3.63) is 30.5 Å². The summed E-state index contributed by atoms with van der Waals surface area (Å²) in [4.78, 5) is 6.85. The molecule has 82 valence electrons. The standard InChI is InChI=1S/C13H15N3/c14-11-4-3-10-5-6-15-13(12(10)9-11)16-7-1-2-8-16/h3-6,9H,1-2,7-8,14H2. The molecule has 0 radical (unpaired) electrons. The second-order valence-electron chi connectivity index (χ2n) is 4.31. The first kappa shape index (κ1) is 9.46. The molecule has 3 rings (SSSR count). The van der Waals surface area contributed by atoms with E-state index >= 15 is 0 Å². The Morgan fingerprint density at radius 3 is 2.75 bits per heavy atom.